The normalized spacial score (nSPS) is 11.4. The molecule has 3 aromatic carbocycles. The van der Waals surface area contributed by atoms with Crippen molar-refractivity contribution in [2.75, 3.05) is 0 Å². The fourth-order valence-corrected chi connectivity index (χ4v) is 4.19. The SMILES string of the molecule is OCc1nc2cc(-c3nc4ccccc4s3)ccc2n1-c1ccccc1. The van der Waals surface area contributed by atoms with Gasteiger partial charge in [0.1, 0.15) is 17.4 Å². The van der Waals surface area contributed by atoms with Crippen molar-refractivity contribution in [1.82, 2.24) is 14.5 Å². The van der Waals surface area contributed by atoms with E-state index in [1.807, 2.05) is 59.2 Å². The molecular weight excluding hydrogens is 342 g/mol. The van der Waals surface area contributed by atoms with Crippen LogP contribution in [0.4, 0.5) is 0 Å². The Balaban J connectivity index is 1.69. The third-order valence-corrected chi connectivity index (χ3v) is 5.51. The van der Waals surface area contributed by atoms with Gasteiger partial charge in [-0.2, -0.15) is 0 Å². The molecule has 5 heteroatoms. The molecule has 0 atom stereocenters. The van der Waals surface area contributed by atoms with Gasteiger partial charge in [-0.05, 0) is 42.5 Å². The molecule has 0 saturated heterocycles. The van der Waals surface area contributed by atoms with E-state index >= 15 is 0 Å². The summed E-state index contributed by atoms with van der Waals surface area (Å²) in [6.45, 7) is -0.111. The smallest absolute Gasteiger partial charge is 0.140 e. The van der Waals surface area contributed by atoms with E-state index < -0.39 is 0 Å². The van der Waals surface area contributed by atoms with Crippen LogP contribution in [-0.2, 0) is 6.61 Å². The summed E-state index contributed by atoms with van der Waals surface area (Å²) in [7, 11) is 0. The largest absolute Gasteiger partial charge is 0.388 e. The summed E-state index contributed by atoms with van der Waals surface area (Å²) in [6.07, 6.45) is 0. The Morgan fingerprint density at radius 3 is 2.46 bits per heavy atom. The summed E-state index contributed by atoms with van der Waals surface area (Å²) in [6, 6.07) is 24.3. The number of benzene rings is 3. The Morgan fingerprint density at radius 1 is 0.846 bits per heavy atom. The van der Waals surface area contributed by atoms with Crippen LogP contribution in [0.2, 0.25) is 0 Å². The van der Waals surface area contributed by atoms with Gasteiger partial charge >= 0.3 is 0 Å². The van der Waals surface area contributed by atoms with Gasteiger partial charge in [-0.15, -0.1) is 11.3 Å². The minimum Gasteiger partial charge on any atom is -0.388 e. The van der Waals surface area contributed by atoms with Crippen LogP contribution >= 0.6 is 11.3 Å². The molecule has 2 aromatic heterocycles. The van der Waals surface area contributed by atoms with Gasteiger partial charge < -0.3 is 5.11 Å². The standard InChI is InChI=1S/C21H15N3OS/c25-13-20-22-17-12-14(21-23-16-8-4-5-9-19(16)26-21)10-11-18(17)24(20)15-6-2-1-3-7-15/h1-12,25H,13H2. The number of aliphatic hydroxyl groups is 1. The number of para-hydroxylation sites is 2. The number of imidazole rings is 1. The fraction of sp³-hybridized carbons (Fsp3) is 0.0476. The van der Waals surface area contributed by atoms with Gasteiger partial charge in [0.05, 0.1) is 21.3 Å². The highest BCUT2D eigenvalue weighted by molar-refractivity contribution is 7.21. The highest BCUT2D eigenvalue weighted by atomic mass is 32.1. The summed E-state index contributed by atoms with van der Waals surface area (Å²) in [5, 5.41) is 10.7. The molecule has 0 unspecified atom stereocenters. The average Bonchev–Trinajstić information content (AvgIpc) is 3.29. The number of hydrogen-bond acceptors (Lipinski definition) is 4. The zero-order valence-corrected chi connectivity index (χ0v) is 14.6. The Bertz CT molecular complexity index is 1190. The van der Waals surface area contributed by atoms with Crippen molar-refractivity contribution in [2.45, 2.75) is 6.61 Å². The summed E-state index contributed by atoms with van der Waals surface area (Å²) < 4.78 is 3.17. The predicted octanol–water partition coefficient (Wildman–Crippen LogP) is 4.79. The Labute approximate surface area is 154 Å². The lowest BCUT2D eigenvalue weighted by atomic mass is 10.2. The van der Waals surface area contributed by atoms with Gasteiger partial charge in [0.2, 0.25) is 0 Å². The minimum absolute atomic E-state index is 0.111. The van der Waals surface area contributed by atoms with Crippen molar-refractivity contribution in [2.24, 2.45) is 0 Å². The molecule has 0 saturated carbocycles. The lowest BCUT2D eigenvalue weighted by Crippen LogP contribution is -2.00. The van der Waals surface area contributed by atoms with Crippen LogP contribution in [0.1, 0.15) is 5.82 Å². The Kier molecular flexibility index (Phi) is 3.55. The molecule has 4 nitrogen and oxygen atoms in total. The van der Waals surface area contributed by atoms with Crippen LogP contribution in [-0.4, -0.2) is 19.6 Å². The summed E-state index contributed by atoms with van der Waals surface area (Å²) in [5.41, 5.74) is 4.88. The first kappa shape index (κ1) is 15.3. The van der Waals surface area contributed by atoms with Gasteiger partial charge in [0.25, 0.3) is 0 Å². The molecule has 0 fully saturated rings. The van der Waals surface area contributed by atoms with Gasteiger partial charge in [-0.25, -0.2) is 9.97 Å². The quantitative estimate of drug-likeness (QED) is 0.505. The number of thiazole rings is 1. The van der Waals surface area contributed by atoms with E-state index in [9.17, 15) is 5.11 Å². The number of rotatable bonds is 3. The van der Waals surface area contributed by atoms with E-state index in [0.29, 0.717) is 5.82 Å². The van der Waals surface area contributed by atoms with Crippen molar-refractivity contribution in [3.8, 4) is 16.3 Å². The lowest BCUT2D eigenvalue weighted by Gasteiger charge is -2.07. The Hall–Kier alpha value is -3.02. The van der Waals surface area contributed by atoms with Gasteiger partial charge in [-0.1, -0.05) is 30.3 Å². The monoisotopic (exact) mass is 357 g/mol. The first-order valence-corrected chi connectivity index (χ1v) is 9.19. The van der Waals surface area contributed by atoms with E-state index in [4.69, 9.17) is 4.98 Å². The lowest BCUT2D eigenvalue weighted by molar-refractivity contribution is 0.270. The number of aliphatic hydroxyl groups excluding tert-OH is 1. The van der Waals surface area contributed by atoms with Gasteiger partial charge in [0, 0.05) is 11.3 Å². The van der Waals surface area contributed by atoms with Crippen LogP contribution in [0.25, 0.3) is 37.5 Å². The molecule has 0 aliphatic carbocycles. The molecule has 0 aliphatic rings. The Morgan fingerprint density at radius 2 is 1.65 bits per heavy atom. The van der Waals surface area contributed by atoms with Gasteiger partial charge in [-0.3, -0.25) is 4.57 Å². The molecule has 1 N–H and O–H groups in total. The topological polar surface area (TPSA) is 50.9 Å². The average molecular weight is 357 g/mol. The second-order valence-corrected chi connectivity index (χ2v) is 7.08. The van der Waals surface area contributed by atoms with Crippen molar-refractivity contribution >= 4 is 32.6 Å². The maximum absolute atomic E-state index is 9.77. The number of nitrogens with zero attached hydrogens (tertiary/aromatic N) is 3. The predicted molar refractivity (Wildman–Crippen MR) is 106 cm³/mol. The van der Waals surface area contributed by atoms with Crippen molar-refractivity contribution in [3.05, 3.63) is 78.6 Å². The molecule has 5 aromatic rings. The number of fused-ring (bicyclic) bond motifs is 2. The molecular formula is C21H15N3OS. The molecule has 0 spiro atoms. The van der Waals surface area contributed by atoms with Crippen LogP contribution in [0.5, 0.6) is 0 Å². The molecule has 0 amide bonds. The first-order valence-electron chi connectivity index (χ1n) is 8.37. The maximum Gasteiger partial charge on any atom is 0.140 e. The number of hydrogen-bond donors (Lipinski definition) is 1. The second-order valence-electron chi connectivity index (χ2n) is 6.05. The fourth-order valence-electron chi connectivity index (χ4n) is 3.23. The third kappa shape index (κ3) is 2.41. The summed E-state index contributed by atoms with van der Waals surface area (Å²) in [5.74, 6) is 0.632. The van der Waals surface area contributed by atoms with Crippen LogP contribution in [0.3, 0.4) is 0 Å². The third-order valence-electron chi connectivity index (χ3n) is 4.42. The molecule has 0 aliphatic heterocycles. The highest BCUT2D eigenvalue weighted by Gasteiger charge is 2.14. The first-order chi connectivity index (χ1) is 12.8. The van der Waals surface area contributed by atoms with Crippen LogP contribution in [0.15, 0.2) is 72.8 Å². The van der Waals surface area contributed by atoms with Crippen molar-refractivity contribution in [3.63, 3.8) is 0 Å². The minimum atomic E-state index is -0.111. The molecule has 26 heavy (non-hydrogen) atoms. The van der Waals surface area contributed by atoms with Crippen molar-refractivity contribution < 1.29 is 5.11 Å². The van der Waals surface area contributed by atoms with Crippen molar-refractivity contribution in [1.29, 1.82) is 0 Å². The number of aromatic nitrogens is 3. The molecule has 0 radical (unpaired) electrons. The van der Waals surface area contributed by atoms with E-state index in [2.05, 4.69) is 23.2 Å². The molecule has 5 rings (SSSR count). The summed E-state index contributed by atoms with van der Waals surface area (Å²) >= 11 is 1.68. The van der Waals surface area contributed by atoms with E-state index in [1.165, 1.54) is 4.70 Å². The second kappa shape index (κ2) is 6.05. The summed E-state index contributed by atoms with van der Waals surface area (Å²) in [4.78, 5) is 9.37. The van der Waals surface area contributed by atoms with Crippen LogP contribution in [0, 0.1) is 0 Å². The van der Waals surface area contributed by atoms with E-state index in [-0.39, 0.29) is 6.61 Å². The van der Waals surface area contributed by atoms with Gasteiger partial charge in [0.15, 0.2) is 0 Å². The van der Waals surface area contributed by atoms with E-state index in [0.717, 1.165) is 32.8 Å². The molecule has 2 heterocycles. The van der Waals surface area contributed by atoms with E-state index in [1.54, 1.807) is 11.3 Å². The zero-order chi connectivity index (χ0) is 17.5. The highest BCUT2D eigenvalue weighted by Crippen LogP contribution is 2.32. The maximum atomic E-state index is 9.77. The zero-order valence-electron chi connectivity index (χ0n) is 13.8. The molecule has 0 bridgehead atoms. The van der Waals surface area contributed by atoms with Crippen LogP contribution < -0.4 is 0 Å². The molecule has 126 valence electrons.